The highest BCUT2D eigenvalue weighted by Crippen LogP contribution is 2.33. The molecule has 0 spiro atoms. The third-order valence-corrected chi connectivity index (χ3v) is 5.40. The fourth-order valence-corrected chi connectivity index (χ4v) is 3.83. The van der Waals surface area contributed by atoms with E-state index in [1.165, 1.54) is 0 Å². The molecule has 0 radical (unpaired) electrons. The number of benzene rings is 3. The number of hydrogen-bond acceptors (Lipinski definition) is 5. The van der Waals surface area contributed by atoms with Crippen LogP contribution in [0, 0.1) is 0 Å². The lowest BCUT2D eigenvalue weighted by molar-refractivity contribution is -0.119. The molecule has 3 aromatic carbocycles. The number of nitrogens with one attached hydrogen (secondary N) is 2. The van der Waals surface area contributed by atoms with Gasteiger partial charge < -0.3 is 15.4 Å². The van der Waals surface area contributed by atoms with Crippen LogP contribution < -0.4 is 15.4 Å². The van der Waals surface area contributed by atoms with Crippen molar-refractivity contribution in [3.63, 3.8) is 0 Å². The number of ether oxygens (including phenoxy) is 1. The normalized spacial score (nSPS) is 10.5. The highest BCUT2D eigenvalue weighted by atomic mass is 32.2. The molecule has 2 N–H and O–H groups in total. The van der Waals surface area contributed by atoms with Crippen LogP contribution in [-0.4, -0.2) is 44.0 Å². The van der Waals surface area contributed by atoms with Crippen molar-refractivity contribution in [2.45, 2.75) is 9.79 Å². The Morgan fingerprint density at radius 3 is 2.29 bits per heavy atom. The van der Waals surface area contributed by atoms with Gasteiger partial charge in [0.15, 0.2) is 0 Å². The molecule has 0 aliphatic heterocycles. The van der Waals surface area contributed by atoms with E-state index in [0.717, 1.165) is 15.5 Å². The molecule has 3 aromatic rings. The molecule has 0 unspecified atom stereocenters. The van der Waals surface area contributed by atoms with Crippen molar-refractivity contribution in [2.75, 3.05) is 37.9 Å². The van der Waals surface area contributed by atoms with E-state index in [9.17, 15) is 9.59 Å². The van der Waals surface area contributed by atoms with Crippen LogP contribution in [0.15, 0.2) is 88.7 Å². The summed E-state index contributed by atoms with van der Waals surface area (Å²) in [6, 6.07) is 24.8. The van der Waals surface area contributed by atoms with E-state index in [2.05, 4.69) is 10.6 Å². The summed E-state index contributed by atoms with van der Waals surface area (Å²) in [5.74, 6) is 0.277. The first-order valence-electron chi connectivity index (χ1n) is 9.78. The topological polar surface area (TPSA) is 70.7 Å². The van der Waals surface area contributed by atoms with Crippen LogP contribution in [0.4, 0.5) is 11.4 Å². The van der Waals surface area contributed by atoms with Crippen LogP contribution in [0.1, 0.15) is 0 Å². The van der Waals surface area contributed by atoms with Gasteiger partial charge in [-0.05, 0) is 43.4 Å². The minimum Gasteiger partial charge on any atom is -0.497 e. The summed E-state index contributed by atoms with van der Waals surface area (Å²) < 4.78 is 5.16. The largest absolute Gasteiger partial charge is 0.497 e. The van der Waals surface area contributed by atoms with Crippen LogP contribution in [0.5, 0.6) is 5.75 Å². The minimum atomic E-state index is -0.205. The molecular formula is C24H25N3O3S. The molecule has 31 heavy (non-hydrogen) atoms. The Balaban J connectivity index is 1.53. The van der Waals surface area contributed by atoms with Gasteiger partial charge in [-0.2, -0.15) is 0 Å². The molecule has 0 aromatic heterocycles. The van der Waals surface area contributed by atoms with E-state index in [0.29, 0.717) is 11.4 Å². The van der Waals surface area contributed by atoms with Gasteiger partial charge in [-0.1, -0.05) is 48.2 Å². The summed E-state index contributed by atoms with van der Waals surface area (Å²) >= 11 is 1.59. The van der Waals surface area contributed by atoms with Gasteiger partial charge in [-0.15, -0.1) is 0 Å². The minimum absolute atomic E-state index is 0.0883. The summed E-state index contributed by atoms with van der Waals surface area (Å²) in [4.78, 5) is 28.5. The SMILES string of the molecule is COc1cccc(NC(=O)CN(C)CC(=O)Nc2ccccc2Sc2ccccc2)c1. The highest BCUT2D eigenvalue weighted by Gasteiger charge is 2.13. The zero-order chi connectivity index (χ0) is 22.1. The van der Waals surface area contributed by atoms with Gasteiger partial charge >= 0.3 is 0 Å². The molecular weight excluding hydrogens is 410 g/mol. The van der Waals surface area contributed by atoms with Crippen molar-refractivity contribution in [1.29, 1.82) is 0 Å². The second-order valence-electron chi connectivity index (χ2n) is 6.91. The molecule has 160 valence electrons. The van der Waals surface area contributed by atoms with Crippen molar-refractivity contribution in [1.82, 2.24) is 4.90 Å². The van der Waals surface area contributed by atoms with E-state index in [1.807, 2.05) is 54.6 Å². The Labute approximate surface area is 186 Å². The predicted octanol–water partition coefficient (Wildman–Crippen LogP) is 4.36. The fraction of sp³-hybridized carbons (Fsp3) is 0.167. The maximum atomic E-state index is 12.5. The van der Waals surface area contributed by atoms with Crippen molar-refractivity contribution >= 4 is 35.0 Å². The van der Waals surface area contributed by atoms with E-state index in [1.54, 1.807) is 55.1 Å². The van der Waals surface area contributed by atoms with Crippen molar-refractivity contribution < 1.29 is 14.3 Å². The second-order valence-corrected chi connectivity index (χ2v) is 8.03. The summed E-state index contributed by atoms with van der Waals surface area (Å²) in [6.07, 6.45) is 0. The first-order valence-corrected chi connectivity index (χ1v) is 10.6. The number of amides is 2. The molecule has 0 fully saturated rings. The maximum Gasteiger partial charge on any atom is 0.238 e. The van der Waals surface area contributed by atoms with Gasteiger partial charge in [0.2, 0.25) is 11.8 Å². The Morgan fingerprint density at radius 2 is 1.55 bits per heavy atom. The summed E-state index contributed by atoms with van der Waals surface area (Å²) in [5.41, 5.74) is 1.39. The third kappa shape index (κ3) is 7.16. The van der Waals surface area contributed by atoms with Crippen LogP contribution in [0.2, 0.25) is 0 Å². The summed E-state index contributed by atoms with van der Waals surface area (Å²) in [6.45, 7) is 0.181. The molecule has 0 heterocycles. The van der Waals surface area contributed by atoms with Crippen molar-refractivity contribution in [3.8, 4) is 5.75 Å². The molecule has 0 saturated carbocycles. The van der Waals surface area contributed by atoms with Gasteiger partial charge in [0.1, 0.15) is 5.75 Å². The van der Waals surface area contributed by atoms with Crippen LogP contribution in [0.3, 0.4) is 0 Å². The van der Waals surface area contributed by atoms with Gasteiger partial charge in [0, 0.05) is 21.5 Å². The number of para-hydroxylation sites is 1. The Morgan fingerprint density at radius 1 is 0.871 bits per heavy atom. The number of anilines is 2. The molecule has 6 nitrogen and oxygen atoms in total. The van der Waals surface area contributed by atoms with Crippen molar-refractivity contribution in [2.24, 2.45) is 0 Å². The van der Waals surface area contributed by atoms with Crippen LogP contribution >= 0.6 is 11.8 Å². The molecule has 0 saturated heterocycles. The molecule has 0 bridgehead atoms. The van der Waals surface area contributed by atoms with Gasteiger partial charge in [-0.3, -0.25) is 14.5 Å². The highest BCUT2D eigenvalue weighted by molar-refractivity contribution is 7.99. The predicted molar refractivity (Wildman–Crippen MR) is 125 cm³/mol. The number of nitrogens with zero attached hydrogens (tertiary/aromatic N) is 1. The second kappa shape index (κ2) is 11.2. The third-order valence-electron chi connectivity index (χ3n) is 4.31. The molecule has 3 rings (SSSR count). The van der Waals surface area contributed by atoms with E-state index < -0.39 is 0 Å². The summed E-state index contributed by atoms with van der Waals surface area (Å²) in [5, 5.41) is 5.76. The smallest absolute Gasteiger partial charge is 0.238 e. The molecule has 0 aliphatic rings. The van der Waals surface area contributed by atoms with E-state index >= 15 is 0 Å². The number of methoxy groups -OCH3 is 1. The average molecular weight is 436 g/mol. The number of carbonyl (C=O) groups excluding carboxylic acids is 2. The lowest BCUT2D eigenvalue weighted by Gasteiger charge is -2.17. The first-order chi connectivity index (χ1) is 15.0. The van der Waals surface area contributed by atoms with Gasteiger partial charge in [-0.25, -0.2) is 0 Å². The van der Waals surface area contributed by atoms with E-state index in [4.69, 9.17) is 4.74 Å². The lowest BCUT2D eigenvalue weighted by atomic mass is 10.3. The Kier molecular flexibility index (Phi) is 8.09. The molecule has 7 heteroatoms. The lowest BCUT2D eigenvalue weighted by Crippen LogP contribution is -2.36. The number of carbonyl (C=O) groups is 2. The zero-order valence-corrected chi connectivity index (χ0v) is 18.3. The van der Waals surface area contributed by atoms with E-state index in [-0.39, 0.29) is 24.9 Å². The van der Waals surface area contributed by atoms with Crippen LogP contribution in [0.25, 0.3) is 0 Å². The maximum absolute atomic E-state index is 12.5. The monoisotopic (exact) mass is 435 g/mol. The van der Waals surface area contributed by atoms with Gasteiger partial charge in [0.25, 0.3) is 0 Å². The Bertz CT molecular complexity index is 1030. The fourth-order valence-electron chi connectivity index (χ4n) is 2.91. The zero-order valence-electron chi connectivity index (χ0n) is 17.5. The first kappa shape index (κ1) is 22.4. The number of hydrogen-bond donors (Lipinski definition) is 2. The molecule has 2 amide bonds. The molecule has 0 aliphatic carbocycles. The number of likely N-dealkylation sites (N-methyl/N-ethyl adjacent to an activating group) is 1. The average Bonchev–Trinajstić information content (AvgIpc) is 2.75. The Hall–Kier alpha value is -3.29. The quantitative estimate of drug-likeness (QED) is 0.523. The van der Waals surface area contributed by atoms with Crippen molar-refractivity contribution in [3.05, 3.63) is 78.9 Å². The molecule has 0 atom stereocenters. The summed E-state index contributed by atoms with van der Waals surface area (Å²) in [7, 11) is 3.30. The number of rotatable bonds is 9. The van der Waals surface area contributed by atoms with Crippen LogP contribution in [-0.2, 0) is 9.59 Å². The standard InChI is InChI=1S/C24H25N3O3S/c1-27(16-23(28)25-18-9-8-10-19(15-18)30-2)17-24(29)26-21-13-6-7-14-22(21)31-20-11-4-3-5-12-20/h3-15H,16-17H2,1-2H3,(H,25,28)(H,26,29). The van der Waals surface area contributed by atoms with Gasteiger partial charge in [0.05, 0.1) is 25.9 Å².